The molecule has 1 amide bonds. The molecule has 19 heavy (non-hydrogen) atoms. The summed E-state index contributed by atoms with van der Waals surface area (Å²) in [5.74, 6) is -0.107. The summed E-state index contributed by atoms with van der Waals surface area (Å²) in [6.07, 6.45) is 0.903. The van der Waals surface area contributed by atoms with Gasteiger partial charge in [-0.15, -0.1) is 23.7 Å². The van der Waals surface area contributed by atoms with Gasteiger partial charge in [0.15, 0.2) is 5.69 Å². The Morgan fingerprint density at radius 2 is 2.42 bits per heavy atom. The van der Waals surface area contributed by atoms with Crippen LogP contribution in [0.3, 0.4) is 0 Å². The minimum atomic E-state index is -0.107. The average Bonchev–Trinajstić information content (AvgIpc) is 3.05. The molecule has 0 aromatic carbocycles. The van der Waals surface area contributed by atoms with Crippen LogP contribution in [0.2, 0.25) is 0 Å². The zero-order valence-electron chi connectivity index (χ0n) is 10.2. The smallest absolute Gasteiger partial charge is 0.272 e. The van der Waals surface area contributed by atoms with Gasteiger partial charge in [-0.3, -0.25) is 9.89 Å². The number of amides is 1. The Hall–Kier alpha value is -1.37. The predicted molar refractivity (Wildman–Crippen MR) is 76.7 cm³/mol. The summed E-state index contributed by atoms with van der Waals surface area (Å²) in [6, 6.07) is 3.99. The van der Waals surface area contributed by atoms with Crippen molar-refractivity contribution in [2.75, 3.05) is 6.54 Å². The van der Waals surface area contributed by atoms with Gasteiger partial charge in [0.2, 0.25) is 0 Å². The van der Waals surface area contributed by atoms with Gasteiger partial charge in [-0.1, -0.05) is 6.07 Å². The minimum Gasteiger partial charge on any atom is -0.346 e. The summed E-state index contributed by atoms with van der Waals surface area (Å²) < 4.78 is 0. The van der Waals surface area contributed by atoms with E-state index in [1.165, 1.54) is 0 Å². The van der Waals surface area contributed by atoms with E-state index < -0.39 is 0 Å². The second-order valence-electron chi connectivity index (χ2n) is 4.22. The normalized spacial score (nSPS) is 13.5. The van der Waals surface area contributed by atoms with E-state index in [4.69, 9.17) is 0 Å². The minimum absolute atomic E-state index is 0. The first-order valence-corrected chi connectivity index (χ1v) is 6.80. The van der Waals surface area contributed by atoms with Crippen LogP contribution in [0, 0.1) is 0 Å². The Labute approximate surface area is 121 Å². The summed E-state index contributed by atoms with van der Waals surface area (Å²) in [5.41, 5.74) is 2.61. The number of hydrogen-bond acceptors (Lipinski definition) is 4. The topological polar surface area (TPSA) is 69.8 Å². The molecule has 0 unspecified atom stereocenters. The summed E-state index contributed by atoms with van der Waals surface area (Å²) in [7, 11) is 0. The summed E-state index contributed by atoms with van der Waals surface area (Å²) in [5, 5.41) is 15.2. The average molecular weight is 299 g/mol. The molecule has 0 fully saturated rings. The van der Waals surface area contributed by atoms with E-state index in [0.717, 1.165) is 29.1 Å². The van der Waals surface area contributed by atoms with Crippen LogP contribution in [0.1, 0.15) is 26.6 Å². The van der Waals surface area contributed by atoms with Gasteiger partial charge in [-0.2, -0.15) is 5.10 Å². The van der Waals surface area contributed by atoms with Crippen molar-refractivity contribution in [1.82, 2.24) is 20.8 Å². The number of H-pyrrole nitrogens is 1. The molecule has 0 bridgehead atoms. The third kappa shape index (κ3) is 2.97. The van der Waals surface area contributed by atoms with Crippen LogP contribution in [-0.2, 0) is 19.5 Å². The third-order valence-electron chi connectivity index (χ3n) is 3.02. The molecule has 3 N–H and O–H groups in total. The molecule has 0 spiro atoms. The van der Waals surface area contributed by atoms with Crippen molar-refractivity contribution in [1.29, 1.82) is 0 Å². The second kappa shape index (κ2) is 6.18. The van der Waals surface area contributed by atoms with Crippen molar-refractivity contribution in [2.24, 2.45) is 0 Å². The van der Waals surface area contributed by atoms with E-state index >= 15 is 0 Å². The van der Waals surface area contributed by atoms with Crippen LogP contribution in [0.5, 0.6) is 0 Å². The molecule has 0 saturated heterocycles. The van der Waals surface area contributed by atoms with E-state index in [1.807, 2.05) is 17.5 Å². The molecular weight excluding hydrogens is 284 g/mol. The van der Waals surface area contributed by atoms with Crippen LogP contribution >= 0.6 is 23.7 Å². The van der Waals surface area contributed by atoms with Crippen molar-refractivity contribution in [3.63, 3.8) is 0 Å². The van der Waals surface area contributed by atoms with Crippen LogP contribution in [0.25, 0.3) is 0 Å². The first kappa shape index (κ1) is 14.0. The zero-order chi connectivity index (χ0) is 12.4. The maximum Gasteiger partial charge on any atom is 0.272 e. The lowest BCUT2D eigenvalue weighted by molar-refractivity contribution is 0.0945. The number of aromatic amines is 1. The van der Waals surface area contributed by atoms with E-state index in [-0.39, 0.29) is 18.3 Å². The highest BCUT2D eigenvalue weighted by Crippen LogP contribution is 2.15. The molecule has 0 radical (unpaired) electrons. The highest BCUT2D eigenvalue weighted by atomic mass is 35.5. The van der Waals surface area contributed by atoms with Crippen molar-refractivity contribution in [3.8, 4) is 0 Å². The number of hydrogen-bond donors (Lipinski definition) is 3. The first-order chi connectivity index (χ1) is 8.84. The van der Waals surface area contributed by atoms with Gasteiger partial charge in [0.1, 0.15) is 0 Å². The largest absolute Gasteiger partial charge is 0.346 e. The van der Waals surface area contributed by atoms with Gasteiger partial charge in [0, 0.05) is 35.6 Å². The van der Waals surface area contributed by atoms with Crippen LogP contribution < -0.4 is 10.6 Å². The number of halogens is 1. The monoisotopic (exact) mass is 298 g/mol. The summed E-state index contributed by atoms with van der Waals surface area (Å²) in [4.78, 5) is 13.2. The lowest BCUT2D eigenvalue weighted by Crippen LogP contribution is -2.28. The Bertz CT molecular complexity index is 552. The van der Waals surface area contributed by atoms with Crippen molar-refractivity contribution >= 4 is 29.7 Å². The fraction of sp³-hybridized carbons (Fsp3) is 0.333. The molecule has 5 nitrogen and oxygen atoms in total. The lowest BCUT2D eigenvalue weighted by atomic mass is 10.1. The Morgan fingerprint density at radius 3 is 3.21 bits per heavy atom. The fourth-order valence-electron chi connectivity index (χ4n) is 2.08. The standard InChI is InChI=1S/C12H14N4OS.ClH/c17-12(14-6-8-2-1-5-18-8)11-9-7-13-4-3-10(9)15-16-11;/h1-2,5,13H,3-4,6-7H2,(H,14,17)(H,15,16);1H. The van der Waals surface area contributed by atoms with E-state index in [1.54, 1.807) is 11.3 Å². The second-order valence-corrected chi connectivity index (χ2v) is 5.25. The molecule has 0 saturated carbocycles. The molecule has 3 rings (SSSR count). The van der Waals surface area contributed by atoms with E-state index in [9.17, 15) is 4.79 Å². The first-order valence-electron chi connectivity index (χ1n) is 5.92. The molecule has 2 aromatic rings. The molecule has 1 aliphatic rings. The van der Waals surface area contributed by atoms with Crippen LogP contribution in [0.4, 0.5) is 0 Å². The molecule has 1 aliphatic heterocycles. The number of rotatable bonds is 3. The number of aromatic nitrogens is 2. The third-order valence-corrected chi connectivity index (χ3v) is 3.90. The van der Waals surface area contributed by atoms with Crippen LogP contribution in [0.15, 0.2) is 17.5 Å². The lowest BCUT2D eigenvalue weighted by Gasteiger charge is -2.12. The number of nitrogens with zero attached hydrogens (tertiary/aromatic N) is 1. The van der Waals surface area contributed by atoms with Gasteiger partial charge in [-0.25, -0.2) is 0 Å². The predicted octanol–water partition coefficient (Wildman–Crippen LogP) is 1.47. The SMILES string of the molecule is Cl.O=C(NCc1cccs1)c1n[nH]c2c1CNCC2. The van der Waals surface area contributed by atoms with Crippen molar-refractivity contribution in [2.45, 2.75) is 19.5 Å². The number of fused-ring (bicyclic) bond motifs is 1. The fourth-order valence-corrected chi connectivity index (χ4v) is 2.72. The number of carbonyl (C=O) groups excluding carboxylic acids is 1. The van der Waals surface area contributed by atoms with Gasteiger partial charge in [-0.05, 0) is 11.4 Å². The number of carbonyl (C=O) groups is 1. The number of nitrogens with one attached hydrogen (secondary N) is 3. The molecular formula is C12H15ClN4OS. The molecule has 102 valence electrons. The molecule has 0 aliphatic carbocycles. The maximum atomic E-state index is 12.1. The molecule has 2 aromatic heterocycles. The van der Waals surface area contributed by atoms with Crippen LogP contribution in [-0.4, -0.2) is 22.6 Å². The summed E-state index contributed by atoms with van der Waals surface area (Å²) in [6.45, 7) is 2.21. The number of thiophene rings is 1. The van der Waals surface area contributed by atoms with E-state index in [2.05, 4.69) is 20.8 Å². The van der Waals surface area contributed by atoms with Gasteiger partial charge in [0.25, 0.3) is 5.91 Å². The van der Waals surface area contributed by atoms with Gasteiger partial charge >= 0.3 is 0 Å². The molecule has 7 heteroatoms. The maximum absolute atomic E-state index is 12.1. The zero-order valence-corrected chi connectivity index (χ0v) is 11.9. The van der Waals surface area contributed by atoms with Crippen molar-refractivity contribution in [3.05, 3.63) is 39.3 Å². The quantitative estimate of drug-likeness (QED) is 0.804. The van der Waals surface area contributed by atoms with Gasteiger partial charge in [0.05, 0.1) is 6.54 Å². The highest BCUT2D eigenvalue weighted by Gasteiger charge is 2.21. The Morgan fingerprint density at radius 1 is 1.53 bits per heavy atom. The van der Waals surface area contributed by atoms with Gasteiger partial charge < -0.3 is 10.6 Å². The Balaban J connectivity index is 0.00000133. The Kier molecular flexibility index (Phi) is 4.57. The van der Waals surface area contributed by atoms with E-state index in [0.29, 0.717) is 18.8 Å². The molecule has 0 atom stereocenters. The summed E-state index contributed by atoms with van der Waals surface area (Å²) >= 11 is 1.64. The molecule has 3 heterocycles. The van der Waals surface area contributed by atoms with Crippen molar-refractivity contribution < 1.29 is 4.79 Å². The highest BCUT2D eigenvalue weighted by molar-refractivity contribution is 7.09.